The summed E-state index contributed by atoms with van der Waals surface area (Å²) in [5, 5.41) is 0.299. The van der Waals surface area contributed by atoms with Crippen LogP contribution in [0.3, 0.4) is 0 Å². The van der Waals surface area contributed by atoms with E-state index in [1.54, 1.807) is 0 Å². The van der Waals surface area contributed by atoms with Gasteiger partial charge < -0.3 is 0 Å². The molecule has 9 heteroatoms. The fourth-order valence-electron chi connectivity index (χ4n) is 1.58. The number of benzene rings is 1. The van der Waals surface area contributed by atoms with E-state index in [4.69, 9.17) is 11.6 Å². The number of rotatable bonds is 9. The second-order valence-corrected chi connectivity index (χ2v) is 4.81. The standard InChI is InChI=1S/C8H3ClN2O2.C8H12N2O2/c9-7-2-1-6(10-4-12)3-8(7)11-5-13;11-7-9-5-3-1-2-4-6-10-8-12/h1-3H;1-6H2. The molecule has 0 fully saturated rings. The first kappa shape index (κ1) is 22.0. The van der Waals surface area contributed by atoms with Crippen molar-refractivity contribution in [3.05, 3.63) is 23.2 Å². The second-order valence-electron chi connectivity index (χ2n) is 4.40. The van der Waals surface area contributed by atoms with Gasteiger partial charge in [0.2, 0.25) is 24.3 Å². The zero-order valence-electron chi connectivity index (χ0n) is 13.3. The monoisotopic (exact) mass is 362 g/mol. The largest absolute Gasteiger partial charge is 0.240 e. The average molecular weight is 363 g/mol. The third-order valence-electron chi connectivity index (χ3n) is 2.69. The first-order chi connectivity index (χ1) is 12.2. The summed E-state index contributed by atoms with van der Waals surface area (Å²) < 4.78 is 0. The first-order valence-electron chi connectivity index (χ1n) is 7.22. The molecule has 0 atom stereocenters. The van der Waals surface area contributed by atoms with Crippen LogP contribution in [0, 0.1) is 0 Å². The summed E-state index contributed by atoms with van der Waals surface area (Å²) >= 11 is 5.66. The van der Waals surface area contributed by atoms with Crippen molar-refractivity contribution in [1.82, 2.24) is 0 Å². The van der Waals surface area contributed by atoms with Gasteiger partial charge in [-0.1, -0.05) is 24.4 Å². The number of hydrogen-bond acceptors (Lipinski definition) is 8. The summed E-state index contributed by atoms with van der Waals surface area (Å²) in [6.45, 7) is 1.11. The predicted octanol–water partition coefficient (Wildman–Crippen LogP) is 3.49. The minimum absolute atomic E-state index is 0.230. The summed E-state index contributed by atoms with van der Waals surface area (Å²) in [7, 11) is 0. The number of nitrogens with zero attached hydrogens (tertiary/aromatic N) is 4. The molecule has 0 radical (unpaired) electrons. The Bertz CT molecular complexity index is 706. The van der Waals surface area contributed by atoms with E-state index in [2.05, 4.69) is 20.0 Å². The normalized spacial score (nSPS) is 8.36. The summed E-state index contributed by atoms with van der Waals surface area (Å²) in [5.41, 5.74) is 0.571. The number of halogens is 1. The Balaban J connectivity index is 0.000000463. The molecule has 0 spiro atoms. The number of aliphatic imine (C=N–C) groups is 4. The highest BCUT2D eigenvalue weighted by atomic mass is 35.5. The Morgan fingerprint density at radius 2 is 1.32 bits per heavy atom. The lowest BCUT2D eigenvalue weighted by Crippen LogP contribution is -1.84. The Labute approximate surface area is 149 Å². The van der Waals surface area contributed by atoms with Crippen LogP contribution in [0.4, 0.5) is 11.4 Å². The van der Waals surface area contributed by atoms with E-state index in [0.717, 1.165) is 25.7 Å². The number of unbranched alkanes of at least 4 members (excludes halogenated alkanes) is 3. The zero-order chi connectivity index (χ0) is 18.8. The van der Waals surface area contributed by atoms with Crippen molar-refractivity contribution in [2.75, 3.05) is 13.1 Å². The van der Waals surface area contributed by atoms with Gasteiger partial charge in [0.1, 0.15) is 0 Å². The molecule has 0 aliphatic rings. The highest BCUT2D eigenvalue weighted by Crippen LogP contribution is 2.28. The third-order valence-corrected chi connectivity index (χ3v) is 3.01. The molecule has 0 aromatic heterocycles. The maximum atomic E-state index is 9.94. The van der Waals surface area contributed by atoms with E-state index in [-0.39, 0.29) is 5.69 Å². The Kier molecular flexibility index (Phi) is 14.0. The van der Waals surface area contributed by atoms with Crippen molar-refractivity contribution in [2.45, 2.75) is 25.7 Å². The lowest BCUT2D eigenvalue weighted by atomic mass is 10.2. The molecule has 0 saturated heterocycles. The van der Waals surface area contributed by atoms with E-state index in [1.165, 1.54) is 42.5 Å². The van der Waals surface area contributed by atoms with Crippen LogP contribution in [0.2, 0.25) is 5.02 Å². The molecule has 8 nitrogen and oxygen atoms in total. The zero-order valence-corrected chi connectivity index (χ0v) is 14.0. The molecule has 130 valence electrons. The summed E-state index contributed by atoms with van der Waals surface area (Å²) in [6, 6.07) is 4.38. The first-order valence-corrected chi connectivity index (χ1v) is 7.60. The highest BCUT2D eigenvalue weighted by molar-refractivity contribution is 6.33. The third kappa shape index (κ3) is 12.2. The predicted molar refractivity (Wildman–Crippen MR) is 91.5 cm³/mol. The molecule has 1 rings (SSSR count). The van der Waals surface area contributed by atoms with Crippen LogP contribution in [-0.4, -0.2) is 37.4 Å². The van der Waals surface area contributed by atoms with Crippen molar-refractivity contribution >= 4 is 47.3 Å². The molecule has 1 aromatic carbocycles. The van der Waals surface area contributed by atoms with E-state index >= 15 is 0 Å². The molecule has 0 aliphatic heterocycles. The molecule has 1 aromatic rings. The van der Waals surface area contributed by atoms with Crippen molar-refractivity contribution in [3.63, 3.8) is 0 Å². The lowest BCUT2D eigenvalue weighted by molar-refractivity contribution is 0.558. The maximum Gasteiger partial charge on any atom is 0.240 e. The van der Waals surface area contributed by atoms with Gasteiger partial charge in [0.25, 0.3) is 0 Å². The fourth-order valence-corrected chi connectivity index (χ4v) is 1.74. The molecule has 0 bridgehead atoms. The van der Waals surface area contributed by atoms with Gasteiger partial charge in [-0.05, 0) is 31.0 Å². The molecule has 0 unspecified atom stereocenters. The Morgan fingerprint density at radius 3 is 1.80 bits per heavy atom. The molecule has 0 saturated carbocycles. The van der Waals surface area contributed by atoms with Crippen molar-refractivity contribution < 1.29 is 19.2 Å². The van der Waals surface area contributed by atoms with Crippen LogP contribution in [0.1, 0.15) is 25.7 Å². The smallest absolute Gasteiger partial charge is 0.211 e. The SMILES string of the molecule is O=C=NCCCCCCN=C=O.O=C=Nc1ccc(Cl)c(N=C=O)c1. The summed E-state index contributed by atoms with van der Waals surface area (Å²) in [4.78, 5) is 52.6. The van der Waals surface area contributed by atoms with Gasteiger partial charge in [-0.25, -0.2) is 29.2 Å². The van der Waals surface area contributed by atoms with Crippen LogP contribution in [0.25, 0.3) is 0 Å². The van der Waals surface area contributed by atoms with Crippen molar-refractivity contribution in [2.24, 2.45) is 20.0 Å². The van der Waals surface area contributed by atoms with Crippen molar-refractivity contribution in [1.29, 1.82) is 0 Å². The fraction of sp³-hybridized carbons (Fsp3) is 0.375. The molecule has 0 N–H and O–H groups in total. The van der Waals surface area contributed by atoms with Crippen LogP contribution < -0.4 is 0 Å². The minimum atomic E-state index is 0.230. The van der Waals surface area contributed by atoms with E-state index < -0.39 is 0 Å². The van der Waals surface area contributed by atoms with Crippen molar-refractivity contribution in [3.8, 4) is 0 Å². The molecule has 0 heterocycles. The quantitative estimate of drug-likeness (QED) is 0.379. The molecular weight excluding hydrogens is 348 g/mol. The van der Waals surface area contributed by atoms with Crippen LogP contribution in [0.5, 0.6) is 0 Å². The van der Waals surface area contributed by atoms with E-state index in [9.17, 15) is 19.2 Å². The number of carbonyl (C=O) groups excluding carboxylic acids is 4. The molecule has 0 amide bonds. The van der Waals surface area contributed by atoms with Gasteiger partial charge in [0, 0.05) is 0 Å². The van der Waals surface area contributed by atoms with Crippen LogP contribution in [0.15, 0.2) is 38.2 Å². The maximum absolute atomic E-state index is 9.94. The lowest BCUT2D eigenvalue weighted by Gasteiger charge is -1.95. The Morgan fingerprint density at radius 1 is 0.760 bits per heavy atom. The number of isocyanates is 4. The Hall–Kier alpha value is -2.97. The summed E-state index contributed by atoms with van der Waals surface area (Å²) in [5.74, 6) is 0. The van der Waals surface area contributed by atoms with Gasteiger partial charge >= 0.3 is 0 Å². The van der Waals surface area contributed by atoms with E-state index in [1.807, 2.05) is 0 Å². The average Bonchev–Trinajstić information content (AvgIpc) is 2.61. The molecular formula is C16H15ClN4O4. The molecule has 0 aliphatic carbocycles. The van der Waals surface area contributed by atoms with Gasteiger partial charge in [-0.2, -0.15) is 9.98 Å². The summed E-state index contributed by atoms with van der Waals surface area (Å²) in [6.07, 6.45) is 9.51. The molecule has 25 heavy (non-hydrogen) atoms. The number of hydrogen-bond donors (Lipinski definition) is 0. The van der Waals surface area contributed by atoms with E-state index in [0.29, 0.717) is 23.8 Å². The highest BCUT2D eigenvalue weighted by Gasteiger charge is 1.99. The van der Waals surface area contributed by atoms with Gasteiger partial charge in [-0.15, -0.1) is 0 Å². The topological polar surface area (TPSA) is 118 Å². The van der Waals surface area contributed by atoms with Gasteiger partial charge in [-0.3, -0.25) is 0 Å². The van der Waals surface area contributed by atoms with Gasteiger partial charge in [0.15, 0.2) is 0 Å². The van der Waals surface area contributed by atoms with Crippen LogP contribution in [-0.2, 0) is 19.2 Å². The minimum Gasteiger partial charge on any atom is -0.211 e. The second kappa shape index (κ2) is 15.9. The van der Waals surface area contributed by atoms with Crippen LogP contribution >= 0.6 is 11.6 Å². The van der Waals surface area contributed by atoms with Gasteiger partial charge in [0.05, 0.1) is 29.5 Å².